The van der Waals surface area contributed by atoms with Crippen LogP contribution in [0.2, 0.25) is 0 Å². The number of anilines is 1. The van der Waals surface area contributed by atoms with Crippen LogP contribution in [0.4, 0.5) is 14.5 Å². The maximum absolute atomic E-state index is 14.0. The summed E-state index contributed by atoms with van der Waals surface area (Å²) in [5.41, 5.74) is -0.316. The number of rotatable bonds is 4. The van der Waals surface area contributed by atoms with Crippen LogP contribution in [0.5, 0.6) is 0 Å². The maximum atomic E-state index is 14.0. The van der Waals surface area contributed by atoms with Gasteiger partial charge in [0.2, 0.25) is 0 Å². The molecule has 0 N–H and O–H groups in total. The fourth-order valence-electron chi connectivity index (χ4n) is 3.04. The van der Waals surface area contributed by atoms with Crippen molar-refractivity contribution in [2.75, 3.05) is 11.4 Å². The molecule has 19 heavy (non-hydrogen) atoms. The number of halogens is 2. The van der Waals surface area contributed by atoms with Crippen molar-refractivity contribution in [1.29, 1.82) is 0 Å². The molecule has 104 valence electrons. The number of benzene rings is 1. The van der Waals surface area contributed by atoms with E-state index in [0.29, 0.717) is 12.2 Å². The third-order valence-corrected chi connectivity index (χ3v) is 3.99. The highest BCUT2D eigenvalue weighted by Gasteiger charge is 2.38. The molecule has 1 saturated carbocycles. The fourth-order valence-corrected chi connectivity index (χ4v) is 3.04. The maximum Gasteiger partial charge on any atom is 0.149 e. The number of carbonyl (C=O) groups is 1. The first-order valence-electron chi connectivity index (χ1n) is 6.82. The van der Waals surface area contributed by atoms with E-state index in [1.54, 1.807) is 4.90 Å². The smallest absolute Gasteiger partial charge is 0.149 e. The summed E-state index contributed by atoms with van der Waals surface area (Å²) in [5.74, 6) is -1.20. The van der Waals surface area contributed by atoms with Gasteiger partial charge in [0.1, 0.15) is 17.9 Å². The predicted octanol–water partition coefficient (Wildman–Crippen LogP) is 3.69. The summed E-state index contributed by atoms with van der Waals surface area (Å²) in [7, 11) is 0. The number of aldehydes is 1. The van der Waals surface area contributed by atoms with Crippen LogP contribution in [-0.2, 0) is 4.79 Å². The molecule has 0 saturated heterocycles. The second kappa shape index (κ2) is 5.68. The molecule has 1 aliphatic carbocycles. The summed E-state index contributed by atoms with van der Waals surface area (Å²) in [6.45, 7) is 2.42. The zero-order chi connectivity index (χ0) is 13.9. The van der Waals surface area contributed by atoms with Crippen LogP contribution in [0.15, 0.2) is 18.2 Å². The van der Waals surface area contributed by atoms with Crippen LogP contribution in [0.1, 0.15) is 39.0 Å². The van der Waals surface area contributed by atoms with Crippen molar-refractivity contribution < 1.29 is 13.6 Å². The summed E-state index contributed by atoms with van der Waals surface area (Å²) in [4.78, 5) is 13.4. The zero-order valence-corrected chi connectivity index (χ0v) is 11.2. The average molecular weight is 267 g/mol. The molecular weight excluding hydrogens is 248 g/mol. The molecule has 0 aromatic heterocycles. The third-order valence-electron chi connectivity index (χ3n) is 3.99. The Kier molecular flexibility index (Phi) is 4.17. The number of carbonyl (C=O) groups excluding carboxylic acids is 1. The van der Waals surface area contributed by atoms with Crippen LogP contribution in [0, 0.1) is 11.6 Å². The lowest BCUT2D eigenvalue weighted by atomic mass is 9.81. The highest BCUT2D eigenvalue weighted by Crippen LogP contribution is 2.36. The Bertz CT molecular complexity index is 455. The van der Waals surface area contributed by atoms with Crippen molar-refractivity contribution in [2.24, 2.45) is 0 Å². The van der Waals surface area contributed by atoms with Gasteiger partial charge < -0.3 is 9.69 Å². The topological polar surface area (TPSA) is 20.3 Å². The van der Waals surface area contributed by atoms with Gasteiger partial charge in [-0.15, -0.1) is 0 Å². The van der Waals surface area contributed by atoms with Crippen LogP contribution < -0.4 is 4.90 Å². The van der Waals surface area contributed by atoms with Gasteiger partial charge >= 0.3 is 0 Å². The number of nitrogens with zero attached hydrogens (tertiary/aromatic N) is 1. The predicted molar refractivity (Wildman–Crippen MR) is 71.3 cm³/mol. The number of hydrogen-bond donors (Lipinski definition) is 0. The van der Waals surface area contributed by atoms with Crippen molar-refractivity contribution in [1.82, 2.24) is 0 Å². The molecule has 2 rings (SSSR count). The zero-order valence-electron chi connectivity index (χ0n) is 11.2. The van der Waals surface area contributed by atoms with Crippen molar-refractivity contribution in [3.63, 3.8) is 0 Å². The lowest BCUT2D eigenvalue weighted by Crippen LogP contribution is -2.52. The first-order chi connectivity index (χ1) is 9.13. The molecule has 1 fully saturated rings. The lowest BCUT2D eigenvalue weighted by Gasteiger charge is -2.43. The molecule has 0 spiro atoms. The number of hydrogen-bond acceptors (Lipinski definition) is 2. The highest BCUT2D eigenvalue weighted by atomic mass is 19.1. The van der Waals surface area contributed by atoms with Crippen molar-refractivity contribution in [3.05, 3.63) is 29.8 Å². The monoisotopic (exact) mass is 267 g/mol. The van der Waals surface area contributed by atoms with Crippen molar-refractivity contribution in [2.45, 2.75) is 44.6 Å². The standard InChI is InChI=1S/C15H19F2NO/c1-2-18(14-7-6-12(16)10-13(14)17)15(11-19)8-4-3-5-9-15/h6-7,10-11H,2-5,8-9H2,1H3. The van der Waals surface area contributed by atoms with Crippen LogP contribution in [0.25, 0.3) is 0 Å². The Hall–Kier alpha value is -1.45. The summed E-state index contributed by atoms with van der Waals surface area (Å²) in [5, 5.41) is 0. The van der Waals surface area contributed by atoms with Gasteiger partial charge in [-0.25, -0.2) is 8.78 Å². The molecule has 4 heteroatoms. The molecule has 1 aromatic rings. The van der Waals surface area contributed by atoms with E-state index in [9.17, 15) is 13.6 Å². The van der Waals surface area contributed by atoms with E-state index in [-0.39, 0.29) is 0 Å². The molecule has 0 radical (unpaired) electrons. The van der Waals surface area contributed by atoms with Gasteiger partial charge in [0.15, 0.2) is 0 Å². The van der Waals surface area contributed by atoms with Crippen LogP contribution in [0.3, 0.4) is 0 Å². The average Bonchev–Trinajstić information content (AvgIpc) is 2.43. The Balaban J connectivity index is 2.39. The minimum Gasteiger partial charge on any atom is -0.357 e. The van der Waals surface area contributed by atoms with E-state index in [0.717, 1.165) is 44.5 Å². The molecular formula is C15H19F2NO. The van der Waals surface area contributed by atoms with Crippen LogP contribution in [-0.4, -0.2) is 18.4 Å². The summed E-state index contributed by atoms with van der Waals surface area (Å²) in [6.07, 6.45) is 5.47. The van der Waals surface area contributed by atoms with E-state index in [2.05, 4.69) is 0 Å². The molecule has 0 amide bonds. The molecule has 0 heterocycles. The molecule has 0 aliphatic heterocycles. The van der Waals surface area contributed by atoms with Crippen molar-refractivity contribution in [3.8, 4) is 0 Å². The van der Waals surface area contributed by atoms with E-state index in [1.165, 1.54) is 12.1 Å². The Morgan fingerprint density at radius 2 is 1.95 bits per heavy atom. The number of likely N-dealkylation sites (N-methyl/N-ethyl adjacent to an activating group) is 1. The molecule has 1 aromatic carbocycles. The fraction of sp³-hybridized carbons (Fsp3) is 0.533. The van der Waals surface area contributed by atoms with Gasteiger partial charge in [0, 0.05) is 12.6 Å². The van der Waals surface area contributed by atoms with Gasteiger partial charge in [-0.1, -0.05) is 19.3 Å². The lowest BCUT2D eigenvalue weighted by molar-refractivity contribution is -0.113. The normalized spacial score (nSPS) is 18.1. The SMILES string of the molecule is CCN(c1ccc(F)cc1F)C1(C=O)CCCCC1. The van der Waals surface area contributed by atoms with E-state index < -0.39 is 17.2 Å². The van der Waals surface area contributed by atoms with E-state index >= 15 is 0 Å². The summed E-state index contributed by atoms with van der Waals surface area (Å²) < 4.78 is 27.0. The van der Waals surface area contributed by atoms with E-state index in [4.69, 9.17) is 0 Å². The third kappa shape index (κ3) is 2.62. The Morgan fingerprint density at radius 3 is 2.47 bits per heavy atom. The molecule has 2 nitrogen and oxygen atoms in total. The molecule has 0 atom stereocenters. The van der Waals surface area contributed by atoms with Gasteiger partial charge in [-0.3, -0.25) is 0 Å². The van der Waals surface area contributed by atoms with Gasteiger partial charge in [-0.2, -0.15) is 0 Å². The highest BCUT2D eigenvalue weighted by molar-refractivity contribution is 5.72. The van der Waals surface area contributed by atoms with Gasteiger partial charge in [-0.05, 0) is 31.9 Å². The van der Waals surface area contributed by atoms with Gasteiger partial charge in [0.05, 0.1) is 11.2 Å². The first kappa shape index (κ1) is 14.0. The Morgan fingerprint density at radius 1 is 1.26 bits per heavy atom. The van der Waals surface area contributed by atoms with Crippen LogP contribution >= 0.6 is 0 Å². The second-order valence-corrected chi connectivity index (χ2v) is 5.12. The largest absolute Gasteiger partial charge is 0.357 e. The second-order valence-electron chi connectivity index (χ2n) is 5.12. The first-order valence-corrected chi connectivity index (χ1v) is 6.82. The quantitative estimate of drug-likeness (QED) is 0.775. The molecule has 0 unspecified atom stereocenters. The molecule has 0 bridgehead atoms. The summed E-state index contributed by atoms with van der Waals surface area (Å²) in [6, 6.07) is 3.54. The minimum atomic E-state index is -0.633. The van der Waals surface area contributed by atoms with E-state index in [1.807, 2.05) is 6.92 Å². The Labute approximate surface area is 112 Å². The molecule has 1 aliphatic rings. The van der Waals surface area contributed by atoms with Gasteiger partial charge in [0.25, 0.3) is 0 Å². The summed E-state index contributed by atoms with van der Waals surface area (Å²) >= 11 is 0. The van der Waals surface area contributed by atoms with Crippen molar-refractivity contribution >= 4 is 12.0 Å². The minimum absolute atomic E-state index is 0.318.